The topological polar surface area (TPSA) is 9.23 Å². The number of rotatable bonds is 2. The fourth-order valence-corrected chi connectivity index (χ4v) is 6.25. The van der Waals surface area contributed by atoms with Gasteiger partial charge in [0.15, 0.2) is 0 Å². The molecule has 3 rings (SSSR count). The zero-order chi connectivity index (χ0) is 13.4. The summed E-state index contributed by atoms with van der Waals surface area (Å²) in [6.07, 6.45) is 2.22. The predicted molar refractivity (Wildman–Crippen MR) is 90.7 cm³/mol. The van der Waals surface area contributed by atoms with Gasteiger partial charge in [0.1, 0.15) is 5.75 Å². The van der Waals surface area contributed by atoms with Gasteiger partial charge in [-0.3, -0.25) is 0 Å². The molecule has 0 amide bonds. The van der Waals surface area contributed by atoms with Gasteiger partial charge in [-0.15, -0.1) is 11.3 Å². The molecule has 0 radical (unpaired) electrons. The average Bonchev–Trinajstić information content (AvgIpc) is 2.76. The van der Waals surface area contributed by atoms with Gasteiger partial charge < -0.3 is 4.74 Å². The molecule has 19 heavy (non-hydrogen) atoms. The van der Waals surface area contributed by atoms with E-state index >= 15 is 0 Å². The Labute approximate surface area is 141 Å². The summed E-state index contributed by atoms with van der Waals surface area (Å²) in [5.74, 6) is 1.04. The normalized spacial score (nSPS) is 15.7. The van der Waals surface area contributed by atoms with Gasteiger partial charge in [0.05, 0.1) is 19.0 Å². The largest absolute Gasteiger partial charge is 0.493 e. The average molecular weight is 467 g/mol. The van der Waals surface area contributed by atoms with Gasteiger partial charge in [-0.25, -0.2) is 0 Å². The Bertz CT molecular complexity index is 609. The summed E-state index contributed by atoms with van der Waals surface area (Å²) in [5, 5.41) is 0. The van der Waals surface area contributed by atoms with Crippen LogP contribution in [-0.2, 0) is 6.42 Å². The Kier molecular flexibility index (Phi) is 4.37. The Morgan fingerprint density at radius 2 is 2.05 bits per heavy atom. The quantitative estimate of drug-likeness (QED) is 0.487. The van der Waals surface area contributed by atoms with E-state index in [0.717, 1.165) is 32.8 Å². The maximum Gasteiger partial charge on any atom is 0.122 e. The lowest BCUT2D eigenvalue weighted by molar-refractivity contribution is 0.288. The predicted octanol–water partition coefficient (Wildman–Crippen LogP) is 6.08. The van der Waals surface area contributed by atoms with Gasteiger partial charge in [-0.1, -0.05) is 28.1 Å². The molecule has 1 atom stereocenters. The first-order chi connectivity index (χ1) is 9.15. The van der Waals surface area contributed by atoms with E-state index in [9.17, 15) is 0 Å². The Morgan fingerprint density at radius 1 is 1.21 bits per heavy atom. The van der Waals surface area contributed by atoms with Crippen LogP contribution in [0.1, 0.15) is 27.9 Å². The van der Waals surface area contributed by atoms with Crippen molar-refractivity contribution >= 4 is 59.1 Å². The first kappa shape index (κ1) is 14.1. The molecule has 2 aromatic rings. The first-order valence-corrected chi connectivity index (χ1v) is 9.31. The van der Waals surface area contributed by atoms with Crippen molar-refractivity contribution in [1.29, 1.82) is 0 Å². The van der Waals surface area contributed by atoms with Gasteiger partial charge in [0.25, 0.3) is 0 Å². The summed E-state index contributed by atoms with van der Waals surface area (Å²) in [7, 11) is 0. The van der Waals surface area contributed by atoms with E-state index in [1.54, 1.807) is 11.3 Å². The van der Waals surface area contributed by atoms with Crippen molar-refractivity contribution in [3.63, 3.8) is 0 Å². The van der Waals surface area contributed by atoms with Crippen LogP contribution in [-0.4, -0.2) is 6.61 Å². The summed E-state index contributed by atoms with van der Waals surface area (Å²) in [4.78, 5) is 0.205. The van der Waals surface area contributed by atoms with Crippen LogP contribution < -0.4 is 4.74 Å². The van der Waals surface area contributed by atoms with E-state index in [4.69, 9.17) is 4.74 Å². The van der Waals surface area contributed by atoms with Crippen LogP contribution in [0.3, 0.4) is 0 Å². The van der Waals surface area contributed by atoms with E-state index in [-0.39, 0.29) is 4.83 Å². The second-order valence-electron chi connectivity index (χ2n) is 4.46. The number of fused-ring (bicyclic) bond motifs is 1. The van der Waals surface area contributed by atoms with Crippen LogP contribution in [0.4, 0.5) is 0 Å². The summed E-state index contributed by atoms with van der Waals surface area (Å²) < 4.78 is 7.96. The molecule has 1 aromatic heterocycles. The Balaban J connectivity index is 1.95. The Morgan fingerprint density at radius 3 is 2.79 bits per heavy atom. The minimum Gasteiger partial charge on any atom is -0.493 e. The third kappa shape index (κ3) is 2.94. The lowest BCUT2D eigenvalue weighted by atomic mass is 10.00. The number of benzene rings is 1. The molecule has 0 bridgehead atoms. The van der Waals surface area contributed by atoms with Crippen molar-refractivity contribution in [3.8, 4) is 5.75 Å². The highest BCUT2D eigenvalue weighted by Gasteiger charge is 2.19. The third-order valence-electron chi connectivity index (χ3n) is 3.18. The molecule has 1 aliphatic rings. The highest BCUT2D eigenvalue weighted by atomic mass is 79.9. The van der Waals surface area contributed by atoms with E-state index in [2.05, 4.69) is 72.1 Å². The van der Waals surface area contributed by atoms with Gasteiger partial charge in [-0.2, -0.15) is 0 Å². The molecule has 0 spiro atoms. The smallest absolute Gasteiger partial charge is 0.122 e. The molecular formula is C14H11Br3OS. The highest BCUT2D eigenvalue weighted by Crippen LogP contribution is 2.42. The number of hydrogen-bond acceptors (Lipinski definition) is 2. The first-order valence-electron chi connectivity index (χ1n) is 5.99. The van der Waals surface area contributed by atoms with E-state index in [0.29, 0.717) is 0 Å². The molecule has 0 saturated heterocycles. The van der Waals surface area contributed by atoms with Crippen molar-refractivity contribution in [1.82, 2.24) is 0 Å². The monoisotopic (exact) mass is 464 g/mol. The molecule has 1 aromatic carbocycles. The summed E-state index contributed by atoms with van der Waals surface area (Å²) in [6.45, 7) is 0.840. The standard InChI is InChI=1S/C14H11Br3OS/c15-12-7-10(14(17)19-12)13(16)9-3-4-11-8(6-9)2-1-5-18-11/h3-4,6-7,13H,1-2,5H2. The SMILES string of the molecule is Brc1cc(C(Br)c2ccc3c(c2)CCCO3)c(Br)s1. The second kappa shape index (κ2) is 5.88. The highest BCUT2D eigenvalue weighted by molar-refractivity contribution is 9.12. The zero-order valence-electron chi connectivity index (χ0n) is 9.96. The molecule has 0 N–H and O–H groups in total. The van der Waals surface area contributed by atoms with Gasteiger partial charge >= 0.3 is 0 Å². The van der Waals surface area contributed by atoms with Crippen LogP contribution in [0.2, 0.25) is 0 Å². The third-order valence-corrected chi connectivity index (χ3v) is 6.59. The van der Waals surface area contributed by atoms with E-state index < -0.39 is 0 Å². The number of aryl methyl sites for hydroxylation is 1. The number of thiophene rings is 1. The van der Waals surface area contributed by atoms with Crippen molar-refractivity contribution in [2.45, 2.75) is 17.7 Å². The van der Waals surface area contributed by atoms with E-state index in [1.807, 2.05) is 0 Å². The second-order valence-corrected chi connectivity index (χ2v) is 9.13. The number of alkyl halides is 1. The fourth-order valence-electron chi connectivity index (χ4n) is 2.24. The zero-order valence-corrected chi connectivity index (χ0v) is 15.5. The van der Waals surface area contributed by atoms with Gasteiger partial charge in [-0.05, 0) is 73.5 Å². The molecule has 0 saturated carbocycles. The van der Waals surface area contributed by atoms with Crippen molar-refractivity contribution < 1.29 is 4.74 Å². The molecule has 2 heterocycles. The number of ether oxygens (including phenoxy) is 1. The molecule has 1 aliphatic heterocycles. The van der Waals surface area contributed by atoms with Crippen molar-refractivity contribution in [2.24, 2.45) is 0 Å². The van der Waals surface area contributed by atoms with Crippen molar-refractivity contribution in [2.75, 3.05) is 6.61 Å². The molecular weight excluding hydrogens is 456 g/mol. The minimum atomic E-state index is 0.205. The van der Waals surface area contributed by atoms with Crippen LogP contribution in [0.5, 0.6) is 5.75 Å². The number of halogens is 3. The molecule has 0 fully saturated rings. The molecule has 5 heteroatoms. The van der Waals surface area contributed by atoms with Gasteiger partial charge in [0, 0.05) is 0 Å². The van der Waals surface area contributed by atoms with Crippen LogP contribution in [0.25, 0.3) is 0 Å². The maximum atomic E-state index is 5.66. The van der Waals surface area contributed by atoms with Crippen LogP contribution in [0, 0.1) is 0 Å². The summed E-state index contributed by atoms with van der Waals surface area (Å²) in [5.41, 5.74) is 3.85. The van der Waals surface area contributed by atoms with Crippen molar-refractivity contribution in [3.05, 3.63) is 48.5 Å². The lowest BCUT2D eigenvalue weighted by Gasteiger charge is -2.19. The van der Waals surface area contributed by atoms with Gasteiger partial charge in [0.2, 0.25) is 0 Å². The number of hydrogen-bond donors (Lipinski definition) is 0. The molecule has 1 nitrogen and oxygen atoms in total. The van der Waals surface area contributed by atoms with E-state index in [1.165, 1.54) is 16.7 Å². The minimum absolute atomic E-state index is 0.205. The van der Waals surface area contributed by atoms with Crippen LogP contribution in [0.15, 0.2) is 31.8 Å². The Hall–Kier alpha value is 0.160. The maximum absolute atomic E-state index is 5.66. The van der Waals surface area contributed by atoms with Crippen LogP contribution >= 0.6 is 59.1 Å². The molecule has 100 valence electrons. The molecule has 1 unspecified atom stereocenters. The fraction of sp³-hybridized carbons (Fsp3) is 0.286. The summed E-state index contributed by atoms with van der Waals surface area (Å²) >= 11 is 12.7. The summed E-state index contributed by atoms with van der Waals surface area (Å²) in [6, 6.07) is 8.64. The molecule has 0 aliphatic carbocycles. The lowest BCUT2D eigenvalue weighted by Crippen LogP contribution is -2.08.